The zero-order valence-electron chi connectivity index (χ0n) is 8.95. The standard InChI is InChI=1S/C9H16O4/c1-8(2)12-6-9(13-8)3-4-11-7(9)5-10/h7,10H,3-6H2,1-2H3/i3D. The Bertz CT molecular complexity index is 233. The Hall–Kier alpha value is -0.160. The predicted molar refractivity (Wildman–Crippen MR) is 45.3 cm³/mol. The zero-order chi connectivity index (χ0) is 10.4. The Morgan fingerprint density at radius 2 is 2.38 bits per heavy atom. The Morgan fingerprint density at radius 1 is 1.62 bits per heavy atom. The van der Waals surface area contributed by atoms with Crippen molar-refractivity contribution in [2.75, 3.05) is 19.8 Å². The second-order valence-electron chi connectivity index (χ2n) is 3.95. The van der Waals surface area contributed by atoms with Crippen molar-refractivity contribution in [1.82, 2.24) is 0 Å². The summed E-state index contributed by atoms with van der Waals surface area (Å²) in [4.78, 5) is 0. The summed E-state index contributed by atoms with van der Waals surface area (Å²) in [7, 11) is 0. The maximum absolute atomic E-state index is 9.14. The Kier molecular flexibility index (Phi) is 1.83. The van der Waals surface area contributed by atoms with Crippen LogP contribution in [0.3, 0.4) is 0 Å². The predicted octanol–water partition coefficient (Wildman–Crippen LogP) is 0.289. The van der Waals surface area contributed by atoms with E-state index in [9.17, 15) is 0 Å². The number of ether oxygens (including phenoxy) is 3. The molecular weight excluding hydrogens is 172 g/mol. The topological polar surface area (TPSA) is 47.9 Å². The van der Waals surface area contributed by atoms with Crippen LogP contribution < -0.4 is 0 Å². The van der Waals surface area contributed by atoms with Gasteiger partial charge >= 0.3 is 0 Å². The summed E-state index contributed by atoms with van der Waals surface area (Å²) >= 11 is 0. The zero-order valence-corrected chi connectivity index (χ0v) is 7.95. The number of aliphatic hydroxyl groups excluding tert-OH is 1. The van der Waals surface area contributed by atoms with E-state index in [-0.39, 0.29) is 6.61 Å². The van der Waals surface area contributed by atoms with Crippen molar-refractivity contribution in [2.24, 2.45) is 0 Å². The quantitative estimate of drug-likeness (QED) is 0.644. The van der Waals surface area contributed by atoms with Crippen LogP contribution in [0.25, 0.3) is 0 Å². The molecule has 13 heavy (non-hydrogen) atoms. The summed E-state index contributed by atoms with van der Waals surface area (Å²) in [5, 5.41) is 9.14. The Morgan fingerprint density at radius 3 is 2.92 bits per heavy atom. The number of rotatable bonds is 1. The van der Waals surface area contributed by atoms with Gasteiger partial charge in [0.15, 0.2) is 5.79 Å². The second kappa shape index (κ2) is 2.92. The maximum atomic E-state index is 9.14. The van der Waals surface area contributed by atoms with Crippen LogP contribution in [0.1, 0.15) is 21.6 Å². The highest BCUT2D eigenvalue weighted by molar-refractivity contribution is 4.98. The van der Waals surface area contributed by atoms with Crippen molar-refractivity contribution in [1.29, 1.82) is 0 Å². The van der Waals surface area contributed by atoms with E-state index in [1.54, 1.807) is 13.8 Å². The fourth-order valence-corrected chi connectivity index (χ4v) is 1.85. The fourth-order valence-electron chi connectivity index (χ4n) is 1.85. The molecule has 2 fully saturated rings. The Labute approximate surface area is 79.2 Å². The van der Waals surface area contributed by atoms with Gasteiger partial charge in [-0.25, -0.2) is 0 Å². The number of hydrogen-bond acceptors (Lipinski definition) is 4. The van der Waals surface area contributed by atoms with Crippen molar-refractivity contribution < 1.29 is 20.7 Å². The van der Waals surface area contributed by atoms with Gasteiger partial charge in [-0.3, -0.25) is 0 Å². The first-order valence-corrected chi connectivity index (χ1v) is 4.49. The fraction of sp³-hybridized carbons (Fsp3) is 1.00. The van der Waals surface area contributed by atoms with Gasteiger partial charge in [-0.15, -0.1) is 0 Å². The third kappa shape index (κ3) is 1.48. The average molecular weight is 189 g/mol. The largest absolute Gasteiger partial charge is 0.394 e. The van der Waals surface area contributed by atoms with E-state index in [0.717, 1.165) is 0 Å². The van der Waals surface area contributed by atoms with Gasteiger partial charge in [-0.05, 0) is 13.8 Å². The molecule has 4 heteroatoms. The summed E-state index contributed by atoms with van der Waals surface area (Å²) < 4.78 is 24.3. The molecule has 0 amide bonds. The summed E-state index contributed by atoms with van der Waals surface area (Å²) in [5.74, 6) is -0.680. The molecule has 0 aliphatic carbocycles. The Balaban J connectivity index is 2.21. The van der Waals surface area contributed by atoms with Crippen LogP contribution in [0.2, 0.25) is 0 Å². The van der Waals surface area contributed by atoms with Gasteiger partial charge in [-0.2, -0.15) is 0 Å². The SMILES string of the molecule is [2H]C1COC(CO)C12COC(C)(C)O2. The maximum Gasteiger partial charge on any atom is 0.163 e. The normalized spacial score (nSPS) is 49.9. The lowest BCUT2D eigenvalue weighted by Gasteiger charge is -2.28. The highest BCUT2D eigenvalue weighted by atomic mass is 16.8. The summed E-state index contributed by atoms with van der Waals surface area (Å²) in [6, 6.07) is 0. The van der Waals surface area contributed by atoms with Crippen LogP contribution in [0.5, 0.6) is 0 Å². The van der Waals surface area contributed by atoms with Gasteiger partial charge in [0, 0.05) is 7.77 Å². The van der Waals surface area contributed by atoms with Gasteiger partial charge < -0.3 is 19.3 Å². The highest BCUT2D eigenvalue weighted by Crippen LogP contribution is 2.40. The lowest BCUT2D eigenvalue weighted by molar-refractivity contribution is -0.175. The molecule has 2 heterocycles. The molecule has 3 atom stereocenters. The molecule has 0 aromatic carbocycles. The van der Waals surface area contributed by atoms with E-state index in [0.29, 0.717) is 13.2 Å². The number of hydrogen-bond donors (Lipinski definition) is 1. The molecule has 2 rings (SSSR count). The van der Waals surface area contributed by atoms with E-state index < -0.39 is 23.9 Å². The first-order chi connectivity index (χ1) is 6.50. The van der Waals surface area contributed by atoms with E-state index in [1.165, 1.54) is 0 Å². The van der Waals surface area contributed by atoms with Crippen molar-refractivity contribution in [3.8, 4) is 0 Å². The summed E-state index contributed by atoms with van der Waals surface area (Å²) in [6.45, 7) is 4.10. The van der Waals surface area contributed by atoms with Crippen molar-refractivity contribution >= 4 is 0 Å². The monoisotopic (exact) mass is 189 g/mol. The molecule has 1 spiro atoms. The lowest BCUT2D eigenvalue weighted by atomic mass is 9.97. The minimum absolute atomic E-state index is 0.130. The van der Waals surface area contributed by atoms with E-state index in [2.05, 4.69) is 0 Å². The molecule has 3 unspecified atom stereocenters. The molecule has 1 N–H and O–H groups in total. The molecule has 76 valence electrons. The van der Waals surface area contributed by atoms with Crippen LogP contribution in [-0.2, 0) is 14.2 Å². The third-order valence-electron chi connectivity index (χ3n) is 2.52. The van der Waals surface area contributed by atoms with Gasteiger partial charge in [0.05, 0.1) is 19.8 Å². The van der Waals surface area contributed by atoms with Crippen molar-refractivity contribution in [3.05, 3.63) is 0 Å². The molecule has 0 aromatic heterocycles. The molecule has 2 aliphatic rings. The molecule has 2 saturated heterocycles. The first kappa shape index (κ1) is 8.17. The van der Waals surface area contributed by atoms with Crippen LogP contribution in [-0.4, -0.2) is 42.4 Å². The third-order valence-corrected chi connectivity index (χ3v) is 2.52. The smallest absolute Gasteiger partial charge is 0.163 e. The molecule has 4 nitrogen and oxygen atoms in total. The average Bonchev–Trinajstić information content (AvgIpc) is 2.58. The highest BCUT2D eigenvalue weighted by Gasteiger charge is 2.53. The minimum atomic E-state index is -0.780. The molecule has 0 aromatic rings. The van der Waals surface area contributed by atoms with Gasteiger partial charge in [0.2, 0.25) is 0 Å². The van der Waals surface area contributed by atoms with Crippen molar-refractivity contribution in [3.63, 3.8) is 0 Å². The van der Waals surface area contributed by atoms with Gasteiger partial charge in [-0.1, -0.05) is 0 Å². The molecule has 0 radical (unpaired) electrons. The van der Waals surface area contributed by atoms with Crippen LogP contribution in [0, 0.1) is 0 Å². The van der Waals surface area contributed by atoms with E-state index in [4.69, 9.17) is 20.7 Å². The lowest BCUT2D eigenvalue weighted by Crippen LogP contribution is -2.44. The number of aliphatic hydroxyl groups is 1. The molecule has 2 aliphatic heterocycles. The molecular formula is C9H16O4. The van der Waals surface area contributed by atoms with E-state index >= 15 is 0 Å². The minimum Gasteiger partial charge on any atom is -0.394 e. The van der Waals surface area contributed by atoms with Crippen LogP contribution in [0.15, 0.2) is 0 Å². The van der Waals surface area contributed by atoms with Gasteiger partial charge in [0.1, 0.15) is 11.7 Å². The van der Waals surface area contributed by atoms with E-state index in [1.807, 2.05) is 0 Å². The van der Waals surface area contributed by atoms with Crippen LogP contribution >= 0.6 is 0 Å². The van der Waals surface area contributed by atoms with Crippen LogP contribution in [0.4, 0.5) is 0 Å². The molecule has 0 saturated carbocycles. The first-order valence-electron chi connectivity index (χ1n) is 5.07. The van der Waals surface area contributed by atoms with Gasteiger partial charge in [0.25, 0.3) is 0 Å². The van der Waals surface area contributed by atoms with Crippen molar-refractivity contribution in [2.45, 2.75) is 37.7 Å². The molecule has 0 bridgehead atoms. The summed E-state index contributed by atoms with van der Waals surface area (Å²) in [5.41, 5.74) is -0.780. The summed E-state index contributed by atoms with van der Waals surface area (Å²) in [6.07, 6.45) is -0.923. The second-order valence-corrected chi connectivity index (χ2v) is 3.95.